The van der Waals surface area contributed by atoms with Crippen LogP contribution in [0.5, 0.6) is 0 Å². The largest absolute Gasteiger partial charge is 0.327 e. The van der Waals surface area contributed by atoms with Crippen molar-refractivity contribution in [1.29, 1.82) is 0 Å². The number of hydrogen-bond acceptors (Lipinski definition) is 1. The average molecular weight is 174 g/mol. The average Bonchev–Trinajstić information content (AvgIpc) is 1.94. The summed E-state index contributed by atoms with van der Waals surface area (Å²) < 4.78 is 0. The lowest BCUT2D eigenvalue weighted by Crippen LogP contribution is -2.32. The summed E-state index contributed by atoms with van der Waals surface area (Å²) in [6.07, 6.45) is 11.1. The maximum absolute atomic E-state index is 5.87. The van der Waals surface area contributed by atoms with Crippen LogP contribution in [-0.2, 0) is 0 Å². The molecule has 1 aliphatic carbocycles. The van der Waals surface area contributed by atoms with Crippen molar-refractivity contribution in [3.8, 4) is 12.3 Å². The predicted octanol–water partition coefficient (Wildman–Crippen LogP) is 1.95. The Morgan fingerprint density at radius 1 is 1.36 bits per heavy atom. The van der Waals surface area contributed by atoms with Crippen LogP contribution in [0.25, 0.3) is 0 Å². The van der Waals surface area contributed by atoms with Gasteiger partial charge in [-0.1, -0.05) is 12.8 Å². The molecule has 1 rings (SSSR count). The van der Waals surface area contributed by atoms with Crippen LogP contribution in [-0.4, -0.2) is 6.04 Å². The molecule has 2 N–H and O–H groups in total. The van der Waals surface area contributed by atoms with Gasteiger partial charge < -0.3 is 5.73 Å². The molecule has 0 spiro atoms. The molecule has 1 aliphatic rings. The molecule has 0 aromatic rings. The molecule has 2 atom stereocenters. The monoisotopic (exact) mass is 173 g/mol. The maximum atomic E-state index is 5.87. The Balaban J connectivity index is 0.000001000. The van der Waals surface area contributed by atoms with Gasteiger partial charge in [-0.15, -0.1) is 24.8 Å². The second-order valence-corrected chi connectivity index (χ2v) is 3.12. The Morgan fingerprint density at radius 2 is 2.00 bits per heavy atom. The van der Waals surface area contributed by atoms with Crippen molar-refractivity contribution in [2.24, 2.45) is 11.7 Å². The fraction of sp³-hybridized carbons (Fsp3) is 0.778. The summed E-state index contributed by atoms with van der Waals surface area (Å²) in [5.74, 6) is 3.30. The first-order valence-corrected chi connectivity index (χ1v) is 4.03. The van der Waals surface area contributed by atoms with Crippen LogP contribution < -0.4 is 5.73 Å². The highest BCUT2D eigenvalue weighted by atomic mass is 35.5. The lowest BCUT2D eigenvalue weighted by Gasteiger charge is -2.26. The van der Waals surface area contributed by atoms with Gasteiger partial charge in [0, 0.05) is 12.5 Å². The first-order valence-electron chi connectivity index (χ1n) is 4.03. The van der Waals surface area contributed by atoms with Gasteiger partial charge >= 0.3 is 0 Å². The normalized spacial score (nSPS) is 30.2. The van der Waals surface area contributed by atoms with Crippen molar-refractivity contribution in [2.45, 2.75) is 38.1 Å². The van der Waals surface area contributed by atoms with Crippen LogP contribution in [0.2, 0.25) is 0 Å². The van der Waals surface area contributed by atoms with E-state index in [1.807, 2.05) is 0 Å². The standard InChI is InChI=1S/C9H15N.ClH/c1-2-5-8-6-3-4-7-9(8)10;/h1,8-9H,3-7,10H2;1H. The minimum Gasteiger partial charge on any atom is -0.327 e. The third kappa shape index (κ3) is 3.14. The van der Waals surface area contributed by atoms with E-state index in [-0.39, 0.29) is 12.4 Å². The van der Waals surface area contributed by atoms with Crippen molar-refractivity contribution in [2.75, 3.05) is 0 Å². The van der Waals surface area contributed by atoms with Crippen LogP contribution in [0.3, 0.4) is 0 Å². The van der Waals surface area contributed by atoms with E-state index >= 15 is 0 Å². The minimum atomic E-state index is 0. The van der Waals surface area contributed by atoms with E-state index < -0.39 is 0 Å². The van der Waals surface area contributed by atoms with Gasteiger partial charge in [0.05, 0.1) is 0 Å². The molecule has 0 radical (unpaired) electrons. The van der Waals surface area contributed by atoms with Gasteiger partial charge in [0.2, 0.25) is 0 Å². The summed E-state index contributed by atoms with van der Waals surface area (Å²) in [7, 11) is 0. The van der Waals surface area contributed by atoms with Crippen molar-refractivity contribution in [3.63, 3.8) is 0 Å². The van der Waals surface area contributed by atoms with Gasteiger partial charge in [-0.05, 0) is 18.8 Å². The Labute approximate surface area is 75.1 Å². The van der Waals surface area contributed by atoms with Crippen molar-refractivity contribution in [3.05, 3.63) is 0 Å². The molecule has 11 heavy (non-hydrogen) atoms. The van der Waals surface area contributed by atoms with E-state index in [9.17, 15) is 0 Å². The molecule has 2 unspecified atom stereocenters. The summed E-state index contributed by atoms with van der Waals surface area (Å²) in [5.41, 5.74) is 5.87. The fourth-order valence-electron chi connectivity index (χ4n) is 1.64. The molecule has 1 nitrogen and oxygen atoms in total. The molecular formula is C9H16ClN. The van der Waals surface area contributed by atoms with Crippen LogP contribution in [0.4, 0.5) is 0 Å². The first-order chi connectivity index (χ1) is 4.84. The predicted molar refractivity (Wildman–Crippen MR) is 50.6 cm³/mol. The molecule has 1 fully saturated rings. The molecule has 0 heterocycles. The minimum absolute atomic E-state index is 0. The van der Waals surface area contributed by atoms with Crippen LogP contribution >= 0.6 is 12.4 Å². The van der Waals surface area contributed by atoms with E-state index in [2.05, 4.69) is 5.92 Å². The van der Waals surface area contributed by atoms with Gasteiger partial charge in [-0.25, -0.2) is 0 Å². The Kier molecular flexibility index (Phi) is 5.36. The van der Waals surface area contributed by atoms with E-state index in [1.165, 1.54) is 25.7 Å². The van der Waals surface area contributed by atoms with Gasteiger partial charge in [-0.2, -0.15) is 0 Å². The number of terminal acetylenes is 1. The molecule has 0 saturated heterocycles. The Morgan fingerprint density at radius 3 is 2.55 bits per heavy atom. The summed E-state index contributed by atoms with van der Waals surface area (Å²) in [6.45, 7) is 0. The molecule has 0 aliphatic heterocycles. The Bertz CT molecular complexity index is 139. The molecular weight excluding hydrogens is 158 g/mol. The number of hydrogen-bond donors (Lipinski definition) is 1. The van der Waals surface area contributed by atoms with Gasteiger partial charge in [0.1, 0.15) is 0 Å². The van der Waals surface area contributed by atoms with Gasteiger partial charge in [0.25, 0.3) is 0 Å². The molecule has 2 heteroatoms. The molecule has 0 aromatic heterocycles. The second kappa shape index (κ2) is 5.46. The lowest BCUT2D eigenvalue weighted by molar-refractivity contribution is 0.313. The maximum Gasteiger partial charge on any atom is 0.0129 e. The number of rotatable bonds is 1. The van der Waals surface area contributed by atoms with E-state index in [0.717, 1.165) is 6.42 Å². The number of nitrogens with two attached hydrogens (primary N) is 1. The van der Waals surface area contributed by atoms with E-state index in [1.54, 1.807) is 0 Å². The lowest BCUT2D eigenvalue weighted by atomic mass is 9.83. The SMILES string of the molecule is C#CCC1CCCCC1N.Cl. The van der Waals surface area contributed by atoms with E-state index in [4.69, 9.17) is 12.2 Å². The quantitative estimate of drug-likeness (QED) is 0.603. The molecule has 0 amide bonds. The summed E-state index contributed by atoms with van der Waals surface area (Å²) in [4.78, 5) is 0. The van der Waals surface area contributed by atoms with Crippen molar-refractivity contribution < 1.29 is 0 Å². The van der Waals surface area contributed by atoms with E-state index in [0.29, 0.717) is 12.0 Å². The summed E-state index contributed by atoms with van der Waals surface area (Å²) in [6, 6.07) is 0.379. The fourth-order valence-corrected chi connectivity index (χ4v) is 1.64. The molecule has 64 valence electrons. The Hall–Kier alpha value is -0.190. The highest BCUT2D eigenvalue weighted by Crippen LogP contribution is 2.24. The topological polar surface area (TPSA) is 26.0 Å². The van der Waals surface area contributed by atoms with Gasteiger partial charge in [-0.3, -0.25) is 0 Å². The summed E-state index contributed by atoms with van der Waals surface area (Å²) in [5, 5.41) is 0. The highest BCUT2D eigenvalue weighted by Gasteiger charge is 2.19. The highest BCUT2D eigenvalue weighted by molar-refractivity contribution is 5.85. The zero-order valence-electron chi connectivity index (χ0n) is 6.75. The van der Waals surface area contributed by atoms with Crippen LogP contribution in [0, 0.1) is 18.3 Å². The smallest absolute Gasteiger partial charge is 0.0129 e. The molecule has 1 saturated carbocycles. The first kappa shape index (κ1) is 10.8. The zero-order chi connectivity index (χ0) is 7.40. The third-order valence-electron chi connectivity index (χ3n) is 2.35. The van der Waals surface area contributed by atoms with Crippen LogP contribution in [0.1, 0.15) is 32.1 Å². The second-order valence-electron chi connectivity index (χ2n) is 3.12. The van der Waals surface area contributed by atoms with Crippen molar-refractivity contribution in [1.82, 2.24) is 0 Å². The summed E-state index contributed by atoms with van der Waals surface area (Å²) >= 11 is 0. The third-order valence-corrected chi connectivity index (χ3v) is 2.35. The number of halogens is 1. The van der Waals surface area contributed by atoms with Gasteiger partial charge in [0.15, 0.2) is 0 Å². The zero-order valence-corrected chi connectivity index (χ0v) is 7.57. The van der Waals surface area contributed by atoms with Crippen LogP contribution in [0.15, 0.2) is 0 Å². The molecule has 0 bridgehead atoms. The van der Waals surface area contributed by atoms with Crippen molar-refractivity contribution >= 4 is 12.4 Å². The molecule has 0 aromatic carbocycles.